The molecular weight excluding hydrogens is 266 g/mol. The molecule has 3 N–H and O–H groups in total. The molecule has 1 aromatic rings. The smallest absolute Gasteiger partial charge is 0.308 e. The second kappa shape index (κ2) is 5.58. The van der Waals surface area contributed by atoms with E-state index in [0.29, 0.717) is 4.88 Å². The first-order chi connectivity index (χ1) is 7.85. The van der Waals surface area contributed by atoms with Crippen molar-refractivity contribution in [1.29, 1.82) is 0 Å². The number of carboxylic acids is 1. The molecule has 1 atom stereocenters. The van der Waals surface area contributed by atoms with Crippen LogP contribution in [0.2, 0.25) is 0 Å². The van der Waals surface area contributed by atoms with Gasteiger partial charge in [0.05, 0.1) is 13.0 Å². The molecular formula is C9H13NO5S2. The molecule has 8 heteroatoms. The van der Waals surface area contributed by atoms with Gasteiger partial charge in [-0.15, -0.1) is 11.3 Å². The fraction of sp³-hybridized carbons (Fsp3) is 0.444. The minimum absolute atomic E-state index is 0.0500. The molecule has 17 heavy (non-hydrogen) atoms. The van der Waals surface area contributed by atoms with Crippen LogP contribution in [0.5, 0.6) is 0 Å². The summed E-state index contributed by atoms with van der Waals surface area (Å²) in [6, 6.07) is 2.25. The van der Waals surface area contributed by atoms with Crippen LogP contribution in [-0.2, 0) is 21.2 Å². The van der Waals surface area contributed by atoms with E-state index in [-0.39, 0.29) is 17.2 Å². The molecule has 0 spiro atoms. The lowest BCUT2D eigenvalue weighted by molar-refractivity contribution is -0.136. The Kier molecular flexibility index (Phi) is 4.63. The molecule has 6 nitrogen and oxygen atoms in total. The third kappa shape index (κ3) is 4.08. The van der Waals surface area contributed by atoms with Gasteiger partial charge < -0.3 is 10.2 Å². The average Bonchev–Trinajstić information content (AvgIpc) is 2.65. The van der Waals surface area contributed by atoms with E-state index in [1.165, 1.54) is 19.1 Å². The Morgan fingerprint density at radius 3 is 2.71 bits per heavy atom. The van der Waals surface area contributed by atoms with E-state index in [9.17, 15) is 13.2 Å². The molecule has 1 aromatic heterocycles. The van der Waals surface area contributed by atoms with Crippen LogP contribution in [0.4, 0.5) is 0 Å². The maximum absolute atomic E-state index is 11.7. The first kappa shape index (κ1) is 14.1. The quantitative estimate of drug-likeness (QED) is 0.682. The molecule has 0 unspecified atom stereocenters. The zero-order valence-electron chi connectivity index (χ0n) is 9.08. The molecule has 0 saturated carbocycles. The van der Waals surface area contributed by atoms with Crippen LogP contribution in [0.3, 0.4) is 0 Å². The van der Waals surface area contributed by atoms with Crippen molar-refractivity contribution in [3.63, 3.8) is 0 Å². The van der Waals surface area contributed by atoms with Crippen molar-refractivity contribution in [3.05, 3.63) is 17.0 Å². The van der Waals surface area contributed by atoms with Crippen LogP contribution in [0.1, 0.15) is 11.8 Å². The SMILES string of the molecule is C[C@H](CO)NS(=O)(=O)c1ccc(CC(=O)O)s1. The first-order valence-corrected chi connectivity index (χ1v) is 7.09. The van der Waals surface area contributed by atoms with Gasteiger partial charge >= 0.3 is 5.97 Å². The molecule has 0 amide bonds. The number of aliphatic hydroxyl groups is 1. The maximum atomic E-state index is 11.7. The van der Waals surface area contributed by atoms with Gasteiger partial charge in [0.15, 0.2) is 0 Å². The van der Waals surface area contributed by atoms with Gasteiger partial charge in [-0.05, 0) is 19.1 Å². The number of hydrogen-bond acceptors (Lipinski definition) is 5. The lowest BCUT2D eigenvalue weighted by atomic mass is 10.3. The highest BCUT2D eigenvalue weighted by Gasteiger charge is 2.19. The molecule has 0 aromatic carbocycles. The number of thiophene rings is 1. The third-order valence-corrected chi connectivity index (χ3v) is 5.02. The second-order valence-corrected chi connectivity index (χ2v) is 6.61. The zero-order chi connectivity index (χ0) is 13.1. The lowest BCUT2D eigenvalue weighted by Gasteiger charge is -2.09. The molecule has 0 aliphatic heterocycles. The highest BCUT2D eigenvalue weighted by atomic mass is 32.2. The first-order valence-electron chi connectivity index (χ1n) is 4.79. The zero-order valence-corrected chi connectivity index (χ0v) is 10.7. The molecule has 96 valence electrons. The van der Waals surface area contributed by atoms with E-state index in [0.717, 1.165) is 11.3 Å². The summed E-state index contributed by atoms with van der Waals surface area (Å²) < 4.78 is 25.8. The number of aliphatic hydroxyl groups excluding tert-OH is 1. The van der Waals surface area contributed by atoms with E-state index in [1.807, 2.05) is 0 Å². The van der Waals surface area contributed by atoms with Gasteiger partial charge in [-0.3, -0.25) is 4.79 Å². The van der Waals surface area contributed by atoms with Crippen molar-refractivity contribution in [2.24, 2.45) is 0 Å². The van der Waals surface area contributed by atoms with Crippen LogP contribution >= 0.6 is 11.3 Å². The lowest BCUT2D eigenvalue weighted by Crippen LogP contribution is -2.34. The Hall–Kier alpha value is -0.960. The van der Waals surface area contributed by atoms with Gasteiger partial charge in [0.1, 0.15) is 4.21 Å². The summed E-state index contributed by atoms with van der Waals surface area (Å²) in [6.07, 6.45) is -0.199. The van der Waals surface area contributed by atoms with Gasteiger partial charge in [0.2, 0.25) is 10.0 Å². The minimum atomic E-state index is -3.67. The Morgan fingerprint density at radius 2 is 2.18 bits per heavy atom. The van der Waals surface area contributed by atoms with Crippen molar-refractivity contribution in [2.45, 2.75) is 23.6 Å². The highest BCUT2D eigenvalue weighted by molar-refractivity contribution is 7.91. The molecule has 0 aliphatic rings. The molecule has 0 bridgehead atoms. The van der Waals surface area contributed by atoms with E-state index >= 15 is 0 Å². The number of sulfonamides is 1. The summed E-state index contributed by atoms with van der Waals surface area (Å²) in [7, 11) is -3.67. The van der Waals surface area contributed by atoms with Crippen LogP contribution in [-0.4, -0.2) is 37.2 Å². The average molecular weight is 279 g/mol. The monoisotopic (exact) mass is 279 g/mol. The van der Waals surface area contributed by atoms with Gasteiger partial charge in [0.25, 0.3) is 0 Å². The summed E-state index contributed by atoms with van der Waals surface area (Å²) in [5.41, 5.74) is 0. The fourth-order valence-corrected chi connectivity index (χ4v) is 3.71. The van der Waals surface area contributed by atoms with Crippen LogP contribution in [0, 0.1) is 0 Å². The molecule has 1 heterocycles. The van der Waals surface area contributed by atoms with Crippen molar-refractivity contribution in [2.75, 3.05) is 6.61 Å². The standard InChI is InChI=1S/C9H13NO5S2/c1-6(5-11)10-17(14,15)9-3-2-7(16-9)4-8(12)13/h2-3,6,10-11H,4-5H2,1H3,(H,12,13)/t6-/m1/s1. The number of hydrogen-bond donors (Lipinski definition) is 3. The van der Waals surface area contributed by atoms with E-state index in [4.69, 9.17) is 10.2 Å². The molecule has 1 rings (SSSR count). The largest absolute Gasteiger partial charge is 0.481 e. The Balaban J connectivity index is 2.85. The Bertz CT molecular complexity index is 493. The summed E-state index contributed by atoms with van der Waals surface area (Å²) in [5.74, 6) is -1.01. The number of aliphatic carboxylic acids is 1. The predicted molar refractivity (Wildman–Crippen MR) is 62.5 cm³/mol. The van der Waals surface area contributed by atoms with Gasteiger partial charge in [-0.25, -0.2) is 13.1 Å². The normalized spacial score (nSPS) is 13.5. The van der Waals surface area contributed by atoms with Gasteiger partial charge in [-0.2, -0.15) is 0 Å². The summed E-state index contributed by atoms with van der Waals surface area (Å²) in [5, 5.41) is 17.3. The van der Waals surface area contributed by atoms with E-state index in [1.54, 1.807) is 0 Å². The molecule has 0 fully saturated rings. The molecule has 0 aliphatic carbocycles. The van der Waals surface area contributed by atoms with Crippen molar-refractivity contribution < 1.29 is 23.4 Å². The van der Waals surface area contributed by atoms with E-state index in [2.05, 4.69) is 4.72 Å². The van der Waals surface area contributed by atoms with Crippen LogP contribution in [0.25, 0.3) is 0 Å². The third-order valence-electron chi connectivity index (χ3n) is 1.86. The summed E-state index contributed by atoms with van der Waals surface area (Å²) >= 11 is 0.908. The minimum Gasteiger partial charge on any atom is -0.481 e. The fourth-order valence-electron chi connectivity index (χ4n) is 1.11. The van der Waals surface area contributed by atoms with Gasteiger partial charge in [0, 0.05) is 10.9 Å². The van der Waals surface area contributed by atoms with Gasteiger partial charge in [-0.1, -0.05) is 0 Å². The Labute approximate surface area is 103 Å². The van der Waals surface area contributed by atoms with Crippen LogP contribution in [0.15, 0.2) is 16.3 Å². The number of carboxylic acid groups (broad SMARTS) is 1. The summed E-state index contributed by atoms with van der Waals surface area (Å²) in [4.78, 5) is 10.9. The summed E-state index contributed by atoms with van der Waals surface area (Å²) in [6.45, 7) is 1.23. The van der Waals surface area contributed by atoms with Crippen molar-refractivity contribution in [3.8, 4) is 0 Å². The molecule has 0 saturated heterocycles. The van der Waals surface area contributed by atoms with Crippen molar-refractivity contribution in [1.82, 2.24) is 4.72 Å². The highest BCUT2D eigenvalue weighted by Crippen LogP contribution is 2.22. The number of nitrogens with one attached hydrogen (secondary N) is 1. The van der Waals surface area contributed by atoms with Crippen LogP contribution < -0.4 is 4.72 Å². The number of rotatable bonds is 6. The molecule has 0 radical (unpaired) electrons. The number of carbonyl (C=O) groups is 1. The van der Waals surface area contributed by atoms with Crippen molar-refractivity contribution >= 4 is 27.3 Å². The Morgan fingerprint density at radius 1 is 1.53 bits per heavy atom. The maximum Gasteiger partial charge on any atom is 0.308 e. The topological polar surface area (TPSA) is 104 Å². The second-order valence-electron chi connectivity index (χ2n) is 3.50. The predicted octanol–water partition coefficient (Wildman–Crippen LogP) is 0.0343. The van der Waals surface area contributed by atoms with E-state index < -0.39 is 22.0 Å².